The summed E-state index contributed by atoms with van der Waals surface area (Å²) >= 11 is 12.6. The molecule has 8 heteroatoms. The van der Waals surface area contributed by atoms with Crippen LogP contribution >= 0.6 is 23.2 Å². The monoisotopic (exact) mass is 545 g/mol. The van der Waals surface area contributed by atoms with Crippen molar-refractivity contribution in [1.29, 1.82) is 0 Å². The van der Waals surface area contributed by atoms with Gasteiger partial charge in [-0.25, -0.2) is 4.79 Å². The predicted molar refractivity (Wildman–Crippen MR) is 151 cm³/mol. The van der Waals surface area contributed by atoms with E-state index in [1.54, 1.807) is 32.2 Å². The summed E-state index contributed by atoms with van der Waals surface area (Å²) in [4.78, 5) is 16.8. The van der Waals surface area contributed by atoms with Crippen molar-refractivity contribution in [2.24, 2.45) is 0 Å². The lowest BCUT2D eigenvalue weighted by atomic mass is 10.0. The lowest BCUT2D eigenvalue weighted by Gasteiger charge is -2.17. The van der Waals surface area contributed by atoms with Gasteiger partial charge in [-0.2, -0.15) is 5.10 Å². The van der Waals surface area contributed by atoms with Crippen LogP contribution in [0.1, 0.15) is 35.8 Å². The summed E-state index contributed by atoms with van der Waals surface area (Å²) in [7, 11) is 1.64. The molecule has 0 radical (unpaired) electrons. The highest BCUT2D eigenvalue weighted by atomic mass is 35.5. The number of methoxy groups -OCH3 is 1. The van der Waals surface area contributed by atoms with Crippen LogP contribution < -0.4 is 4.74 Å². The van der Waals surface area contributed by atoms with E-state index in [0.29, 0.717) is 22.2 Å². The Morgan fingerprint density at radius 1 is 0.947 bits per heavy atom. The second-order valence-electron chi connectivity index (χ2n) is 8.82. The van der Waals surface area contributed by atoms with Crippen LogP contribution in [0.5, 0.6) is 5.75 Å². The van der Waals surface area contributed by atoms with Crippen molar-refractivity contribution in [2.45, 2.75) is 19.9 Å². The zero-order valence-corrected chi connectivity index (χ0v) is 22.6. The minimum Gasteiger partial charge on any atom is -0.497 e. The Morgan fingerprint density at radius 3 is 2.37 bits per heavy atom. The molecule has 2 heterocycles. The fourth-order valence-corrected chi connectivity index (χ4v) is 4.90. The second-order valence-corrected chi connectivity index (χ2v) is 9.69. The SMILES string of the molecule is CCOC(=O)c1ccc([C@H](C)n2nc(-c3cc(Cl)cc(Cl)c3)cc2-c2cnc3cc(OC)ccc3c2)cc1. The van der Waals surface area contributed by atoms with Gasteiger partial charge >= 0.3 is 5.97 Å². The van der Waals surface area contributed by atoms with Gasteiger partial charge in [0.2, 0.25) is 0 Å². The van der Waals surface area contributed by atoms with Crippen molar-refractivity contribution >= 4 is 40.1 Å². The van der Waals surface area contributed by atoms with Gasteiger partial charge in [0.1, 0.15) is 5.75 Å². The number of hydrogen-bond donors (Lipinski definition) is 0. The molecule has 3 aromatic carbocycles. The third-order valence-electron chi connectivity index (χ3n) is 6.35. The minimum atomic E-state index is -0.342. The van der Waals surface area contributed by atoms with E-state index in [9.17, 15) is 4.79 Å². The highest BCUT2D eigenvalue weighted by molar-refractivity contribution is 6.35. The van der Waals surface area contributed by atoms with Gasteiger partial charge in [0, 0.05) is 38.8 Å². The molecule has 2 aromatic heterocycles. The van der Waals surface area contributed by atoms with Crippen molar-refractivity contribution in [3.8, 4) is 28.3 Å². The standard InChI is InChI=1S/C30H25Cl2N3O3/c1-4-38-30(36)20-7-5-19(6-8-20)18(2)35-29(16-28(34-35)22-12-24(31)14-25(32)13-22)23-11-21-9-10-26(37-3)15-27(21)33-17-23/h5-18H,4H2,1-3H3/t18-/m0/s1. The molecule has 5 rings (SSSR count). The van der Waals surface area contributed by atoms with E-state index in [4.69, 9.17) is 37.8 Å². The van der Waals surface area contributed by atoms with E-state index in [2.05, 4.69) is 18.0 Å². The molecule has 0 fully saturated rings. The summed E-state index contributed by atoms with van der Waals surface area (Å²) in [6.45, 7) is 4.18. The normalized spacial score (nSPS) is 11.9. The first kappa shape index (κ1) is 25.8. The Morgan fingerprint density at radius 2 is 1.68 bits per heavy atom. The Labute approximate surface area is 230 Å². The number of aromatic nitrogens is 3. The van der Waals surface area contributed by atoms with Crippen LogP contribution in [-0.4, -0.2) is 34.5 Å². The van der Waals surface area contributed by atoms with E-state index < -0.39 is 0 Å². The van der Waals surface area contributed by atoms with Crippen LogP contribution in [0.25, 0.3) is 33.4 Å². The number of fused-ring (bicyclic) bond motifs is 1. The van der Waals surface area contributed by atoms with Crippen molar-refractivity contribution in [3.63, 3.8) is 0 Å². The van der Waals surface area contributed by atoms with Gasteiger partial charge in [-0.15, -0.1) is 0 Å². The number of halogens is 2. The van der Waals surface area contributed by atoms with E-state index in [0.717, 1.165) is 44.7 Å². The number of carbonyl (C=O) groups excluding carboxylic acids is 1. The number of pyridine rings is 1. The molecule has 38 heavy (non-hydrogen) atoms. The van der Waals surface area contributed by atoms with Gasteiger partial charge < -0.3 is 9.47 Å². The molecule has 1 atom stereocenters. The molecule has 0 bridgehead atoms. The molecule has 5 aromatic rings. The molecule has 0 saturated carbocycles. The number of esters is 1. The topological polar surface area (TPSA) is 66.2 Å². The number of rotatable bonds is 7. The second kappa shape index (κ2) is 10.9. The molecule has 0 spiro atoms. The number of hydrogen-bond acceptors (Lipinski definition) is 5. The summed E-state index contributed by atoms with van der Waals surface area (Å²) in [5.74, 6) is 0.410. The maximum atomic E-state index is 12.1. The zero-order valence-electron chi connectivity index (χ0n) is 21.1. The quantitative estimate of drug-likeness (QED) is 0.194. The average molecular weight is 546 g/mol. The number of nitrogens with zero attached hydrogens (tertiary/aromatic N) is 3. The summed E-state index contributed by atoms with van der Waals surface area (Å²) in [5, 5.41) is 7.02. The van der Waals surface area contributed by atoms with Crippen LogP contribution in [-0.2, 0) is 4.74 Å². The average Bonchev–Trinajstić information content (AvgIpc) is 3.37. The van der Waals surface area contributed by atoms with Crippen molar-refractivity contribution in [1.82, 2.24) is 14.8 Å². The summed E-state index contributed by atoms with van der Waals surface area (Å²) in [6.07, 6.45) is 1.83. The minimum absolute atomic E-state index is 0.156. The van der Waals surface area contributed by atoms with Crippen LogP contribution in [0.2, 0.25) is 10.0 Å². The molecular formula is C30H25Cl2N3O3. The Balaban J connectivity index is 1.61. The van der Waals surface area contributed by atoms with Crippen LogP contribution in [0.3, 0.4) is 0 Å². The molecule has 0 amide bonds. The molecule has 0 aliphatic carbocycles. The Bertz CT molecular complexity index is 1610. The molecule has 0 N–H and O–H groups in total. The van der Waals surface area contributed by atoms with Crippen molar-refractivity contribution in [2.75, 3.05) is 13.7 Å². The number of benzene rings is 3. The van der Waals surface area contributed by atoms with Gasteiger partial charge in [-0.05, 0) is 74.0 Å². The fraction of sp³-hybridized carbons (Fsp3) is 0.167. The van der Waals surface area contributed by atoms with Gasteiger partial charge in [0.15, 0.2) is 0 Å². The van der Waals surface area contributed by atoms with Crippen LogP contribution in [0.4, 0.5) is 0 Å². The fourth-order valence-electron chi connectivity index (χ4n) is 4.37. The molecular weight excluding hydrogens is 521 g/mol. The maximum absolute atomic E-state index is 12.1. The number of ether oxygens (including phenoxy) is 2. The van der Waals surface area contributed by atoms with Crippen molar-refractivity contribution in [3.05, 3.63) is 100 Å². The molecule has 6 nitrogen and oxygen atoms in total. The summed E-state index contributed by atoms with van der Waals surface area (Å²) < 4.78 is 12.4. The third-order valence-corrected chi connectivity index (χ3v) is 6.79. The predicted octanol–water partition coefficient (Wildman–Crippen LogP) is 7.87. The van der Waals surface area contributed by atoms with E-state index in [-0.39, 0.29) is 12.0 Å². The molecule has 0 aliphatic rings. The van der Waals surface area contributed by atoms with Gasteiger partial charge in [-0.1, -0.05) is 35.3 Å². The van der Waals surface area contributed by atoms with E-state index in [1.807, 2.05) is 59.4 Å². The van der Waals surface area contributed by atoms with E-state index >= 15 is 0 Å². The molecule has 192 valence electrons. The maximum Gasteiger partial charge on any atom is 0.338 e. The third kappa shape index (κ3) is 5.23. The van der Waals surface area contributed by atoms with Gasteiger partial charge in [0.25, 0.3) is 0 Å². The first-order valence-corrected chi connectivity index (χ1v) is 12.9. The largest absolute Gasteiger partial charge is 0.497 e. The zero-order chi connectivity index (χ0) is 26.8. The Kier molecular flexibility index (Phi) is 7.36. The summed E-state index contributed by atoms with van der Waals surface area (Å²) in [6, 6.07) is 22.5. The highest BCUT2D eigenvalue weighted by Crippen LogP contribution is 2.34. The van der Waals surface area contributed by atoms with Gasteiger partial charge in [0.05, 0.1) is 42.2 Å². The lowest BCUT2D eigenvalue weighted by Crippen LogP contribution is -2.11. The van der Waals surface area contributed by atoms with Crippen LogP contribution in [0, 0.1) is 0 Å². The first-order chi connectivity index (χ1) is 18.4. The van der Waals surface area contributed by atoms with E-state index in [1.165, 1.54) is 0 Å². The lowest BCUT2D eigenvalue weighted by molar-refractivity contribution is 0.0526. The first-order valence-electron chi connectivity index (χ1n) is 12.1. The smallest absolute Gasteiger partial charge is 0.338 e. The van der Waals surface area contributed by atoms with Crippen LogP contribution in [0.15, 0.2) is 79.0 Å². The van der Waals surface area contributed by atoms with Gasteiger partial charge in [-0.3, -0.25) is 9.67 Å². The van der Waals surface area contributed by atoms with Crippen molar-refractivity contribution < 1.29 is 14.3 Å². The molecule has 0 aliphatic heterocycles. The molecule has 0 saturated heterocycles. The molecule has 0 unspecified atom stereocenters. The Hall–Kier alpha value is -3.87. The summed E-state index contributed by atoms with van der Waals surface area (Å²) in [5.41, 5.74) is 5.65. The number of carbonyl (C=O) groups is 1. The highest BCUT2D eigenvalue weighted by Gasteiger charge is 2.19.